The molecule has 0 aliphatic carbocycles. The fraction of sp³-hybridized carbons (Fsp3) is 0. The molecule has 0 heterocycles. The SMILES string of the molecule is Cl.Cl.S.[Cl-].[Li+]. The molecule has 0 radical (unpaired) electrons. The number of hydrogen-bond donors (Lipinski definition) is 0. The van der Waals surface area contributed by atoms with Gasteiger partial charge in [-0.05, 0) is 0 Å². The second-order valence-corrected chi connectivity index (χ2v) is 0. The average molecular weight is 149 g/mol. The van der Waals surface area contributed by atoms with E-state index in [0.717, 1.165) is 0 Å². The molecule has 0 spiro atoms. The van der Waals surface area contributed by atoms with Crippen molar-refractivity contribution in [1.82, 2.24) is 0 Å². The van der Waals surface area contributed by atoms with E-state index in [1.54, 1.807) is 0 Å². The Morgan fingerprint density at radius 1 is 0.800 bits per heavy atom. The van der Waals surface area contributed by atoms with E-state index < -0.39 is 0 Å². The van der Waals surface area contributed by atoms with Crippen LogP contribution in [0.1, 0.15) is 0 Å². The van der Waals surface area contributed by atoms with E-state index in [0.29, 0.717) is 0 Å². The Kier molecular flexibility index (Phi) is 571. The van der Waals surface area contributed by atoms with Gasteiger partial charge in [0.1, 0.15) is 0 Å². The molecule has 0 amide bonds. The molecular formula is H4Cl3LiS. The quantitative estimate of drug-likeness (QED) is 0.303. The van der Waals surface area contributed by atoms with E-state index in [1.165, 1.54) is 0 Å². The first kappa shape index (κ1) is 69.9. The second kappa shape index (κ2) is 40.9. The fourth-order valence-corrected chi connectivity index (χ4v) is 0. The summed E-state index contributed by atoms with van der Waals surface area (Å²) in [5, 5.41) is 0. The van der Waals surface area contributed by atoms with Crippen LogP contribution < -0.4 is 31.3 Å². The molecule has 5 heteroatoms. The van der Waals surface area contributed by atoms with E-state index in [4.69, 9.17) is 0 Å². The summed E-state index contributed by atoms with van der Waals surface area (Å²) in [6.07, 6.45) is 0. The van der Waals surface area contributed by atoms with Crippen LogP contribution in [0.4, 0.5) is 0 Å². The van der Waals surface area contributed by atoms with Crippen molar-refractivity contribution in [3.63, 3.8) is 0 Å². The predicted molar refractivity (Wildman–Crippen MR) is 24.9 cm³/mol. The van der Waals surface area contributed by atoms with Crippen LogP contribution >= 0.6 is 38.3 Å². The molecule has 0 unspecified atom stereocenters. The maximum absolute atomic E-state index is 0. The van der Waals surface area contributed by atoms with Crippen molar-refractivity contribution in [2.75, 3.05) is 0 Å². The predicted octanol–water partition coefficient (Wildman–Crippen LogP) is -5.04. The minimum absolute atomic E-state index is 0. The first-order valence-electron chi connectivity index (χ1n) is 0. The molecule has 0 aliphatic rings. The van der Waals surface area contributed by atoms with Gasteiger partial charge in [-0.2, -0.15) is 13.5 Å². The van der Waals surface area contributed by atoms with Gasteiger partial charge in [0, 0.05) is 0 Å². The van der Waals surface area contributed by atoms with Crippen LogP contribution in [0.15, 0.2) is 0 Å². The summed E-state index contributed by atoms with van der Waals surface area (Å²) >= 11 is 0. The minimum Gasteiger partial charge on any atom is -1.00 e. The first-order chi connectivity index (χ1) is 0. The molecule has 5 heavy (non-hydrogen) atoms. The molecule has 0 N–H and O–H groups in total. The third-order valence-corrected chi connectivity index (χ3v) is 0. The normalized spacial score (nSPS) is 0. The molecule has 0 saturated heterocycles. The van der Waals surface area contributed by atoms with E-state index >= 15 is 0 Å². The van der Waals surface area contributed by atoms with Crippen LogP contribution in [0, 0.1) is 0 Å². The maximum atomic E-state index is 0. The summed E-state index contributed by atoms with van der Waals surface area (Å²) < 4.78 is 0. The summed E-state index contributed by atoms with van der Waals surface area (Å²) in [5.74, 6) is 0. The Hall–Kier alpha value is 1.82. The molecule has 32 valence electrons. The smallest absolute Gasteiger partial charge is 1.00 e. The fourth-order valence-electron chi connectivity index (χ4n) is 0. The van der Waals surface area contributed by atoms with Gasteiger partial charge in [0.05, 0.1) is 0 Å². The van der Waals surface area contributed by atoms with E-state index in [-0.39, 0.29) is 69.6 Å². The number of hydrogen-bond acceptors (Lipinski definition) is 0. The van der Waals surface area contributed by atoms with Crippen molar-refractivity contribution in [2.45, 2.75) is 0 Å². The third-order valence-electron chi connectivity index (χ3n) is 0. The zero-order valence-electron chi connectivity index (χ0n) is 2.69. The van der Waals surface area contributed by atoms with Gasteiger partial charge in [0.15, 0.2) is 0 Å². The Morgan fingerprint density at radius 3 is 0.800 bits per heavy atom. The molecule has 0 aromatic heterocycles. The van der Waals surface area contributed by atoms with E-state index in [2.05, 4.69) is 0 Å². The molecule has 0 bridgehead atoms. The van der Waals surface area contributed by atoms with E-state index in [1.807, 2.05) is 0 Å². The molecule has 0 aliphatic heterocycles. The van der Waals surface area contributed by atoms with Crippen molar-refractivity contribution in [3.8, 4) is 0 Å². The molecule has 0 saturated carbocycles. The van der Waals surface area contributed by atoms with Crippen LogP contribution in [0.2, 0.25) is 0 Å². The molecule has 0 nitrogen and oxygen atoms in total. The molecule has 0 rings (SSSR count). The van der Waals surface area contributed by atoms with Crippen LogP contribution in [0.3, 0.4) is 0 Å². The average Bonchev–Trinajstić information content (AvgIpc) is 0. The largest absolute Gasteiger partial charge is 1.00 e. The van der Waals surface area contributed by atoms with Crippen molar-refractivity contribution in [2.24, 2.45) is 0 Å². The summed E-state index contributed by atoms with van der Waals surface area (Å²) in [6.45, 7) is 0. The maximum Gasteiger partial charge on any atom is 1.00 e. The van der Waals surface area contributed by atoms with Crippen LogP contribution in [-0.2, 0) is 0 Å². The minimum atomic E-state index is 0. The molecular weight excluding hydrogens is 145 g/mol. The Bertz CT molecular complexity index is 6.85. The van der Waals surface area contributed by atoms with Crippen molar-refractivity contribution < 1.29 is 31.3 Å². The summed E-state index contributed by atoms with van der Waals surface area (Å²) in [4.78, 5) is 0. The summed E-state index contributed by atoms with van der Waals surface area (Å²) in [5.41, 5.74) is 0. The monoisotopic (exact) mass is 148 g/mol. The first-order valence-corrected chi connectivity index (χ1v) is 0. The Balaban J connectivity index is 0. The second-order valence-electron chi connectivity index (χ2n) is 0. The van der Waals surface area contributed by atoms with Gasteiger partial charge >= 0.3 is 18.9 Å². The molecule has 0 fully saturated rings. The third kappa shape index (κ3) is 25.7. The van der Waals surface area contributed by atoms with Gasteiger partial charge in [0.25, 0.3) is 0 Å². The number of rotatable bonds is 0. The van der Waals surface area contributed by atoms with Crippen LogP contribution in [0.5, 0.6) is 0 Å². The molecule has 0 aromatic rings. The standard InChI is InChI=1S/3ClH.Li.H2S/h3*1H;;1H2/q;;;+1;/p-1. The topological polar surface area (TPSA) is 0 Å². The Labute approximate surface area is 69.3 Å². The zero-order chi connectivity index (χ0) is 0. The molecule has 0 aromatic carbocycles. The van der Waals surface area contributed by atoms with Crippen molar-refractivity contribution >= 4 is 38.3 Å². The van der Waals surface area contributed by atoms with Crippen LogP contribution in [-0.4, -0.2) is 0 Å². The summed E-state index contributed by atoms with van der Waals surface area (Å²) in [6, 6.07) is 0. The van der Waals surface area contributed by atoms with Crippen molar-refractivity contribution in [3.05, 3.63) is 0 Å². The van der Waals surface area contributed by atoms with Gasteiger partial charge in [-0.1, -0.05) is 0 Å². The van der Waals surface area contributed by atoms with E-state index in [9.17, 15) is 0 Å². The van der Waals surface area contributed by atoms with Gasteiger partial charge in [0.2, 0.25) is 0 Å². The molecule has 0 atom stereocenters. The Morgan fingerprint density at radius 2 is 0.800 bits per heavy atom. The van der Waals surface area contributed by atoms with Gasteiger partial charge in [-0.15, -0.1) is 24.8 Å². The summed E-state index contributed by atoms with van der Waals surface area (Å²) in [7, 11) is 0. The van der Waals surface area contributed by atoms with Gasteiger partial charge in [-0.25, -0.2) is 0 Å². The number of halogens is 3. The van der Waals surface area contributed by atoms with Crippen LogP contribution in [0.25, 0.3) is 0 Å². The zero-order valence-corrected chi connectivity index (χ0v) is 6.08. The van der Waals surface area contributed by atoms with Gasteiger partial charge < -0.3 is 12.4 Å². The van der Waals surface area contributed by atoms with Gasteiger partial charge in [-0.3, -0.25) is 0 Å². The van der Waals surface area contributed by atoms with Crippen molar-refractivity contribution in [1.29, 1.82) is 0 Å².